The third kappa shape index (κ3) is 1.29. The topological polar surface area (TPSA) is 41.1 Å². The number of piperazine rings is 1. The lowest BCUT2D eigenvalue weighted by Crippen LogP contribution is -2.51. The first kappa shape index (κ1) is 6.29. The molecular formula is C6H10N2O. The molecule has 2 N–H and O–H groups in total. The predicted molar refractivity (Wildman–Crippen MR) is 35.0 cm³/mol. The summed E-state index contributed by atoms with van der Waals surface area (Å²) in [6, 6.07) is -0.182. The van der Waals surface area contributed by atoms with Gasteiger partial charge in [0.1, 0.15) is 6.04 Å². The van der Waals surface area contributed by atoms with E-state index in [0.717, 1.165) is 13.1 Å². The van der Waals surface area contributed by atoms with Crippen molar-refractivity contribution in [2.75, 3.05) is 13.1 Å². The molecule has 0 aromatic carbocycles. The summed E-state index contributed by atoms with van der Waals surface area (Å²) < 4.78 is 0. The van der Waals surface area contributed by atoms with Crippen molar-refractivity contribution < 1.29 is 4.79 Å². The number of hydrogen-bond donors (Lipinski definition) is 2. The predicted octanol–water partition coefficient (Wildman–Crippen LogP) is -0.740. The van der Waals surface area contributed by atoms with Crippen LogP contribution in [0.25, 0.3) is 0 Å². The molecule has 1 heterocycles. The molecule has 0 spiro atoms. The van der Waals surface area contributed by atoms with E-state index >= 15 is 0 Å². The Hall–Kier alpha value is -0.830. The van der Waals surface area contributed by atoms with Gasteiger partial charge in [0.25, 0.3) is 0 Å². The van der Waals surface area contributed by atoms with Crippen LogP contribution in [-0.2, 0) is 4.79 Å². The maximum atomic E-state index is 10.8. The highest BCUT2D eigenvalue weighted by Gasteiger charge is 2.16. The third-order valence-corrected chi connectivity index (χ3v) is 1.31. The van der Waals surface area contributed by atoms with Crippen molar-refractivity contribution in [3.63, 3.8) is 0 Å². The molecule has 3 heteroatoms. The molecular weight excluding hydrogens is 116 g/mol. The highest BCUT2D eigenvalue weighted by atomic mass is 16.2. The van der Waals surface area contributed by atoms with Crippen LogP contribution < -0.4 is 10.6 Å². The fourth-order valence-corrected chi connectivity index (χ4v) is 0.806. The zero-order valence-corrected chi connectivity index (χ0v) is 5.18. The van der Waals surface area contributed by atoms with Gasteiger partial charge in [-0.05, 0) is 0 Å². The quantitative estimate of drug-likeness (QED) is 0.454. The Balaban J connectivity index is 2.48. The Morgan fingerprint density at radius 1 is 1.67 bits per heavy atom. The second kappa shape index (κ2) is 2.64. The molecule has 1 aliphatic heterocycles. The van der Waals surface area contributed by atoms with E-state index in [1.807, 2.05) is 0 Å². The number of rotatable bonds is 1. The summed E-state index contributed by atoms with van der Waals surface area (Å²) in [6.07, 6.45) is 1.61. The summed E-state index contributed by atoms with van der Waals surface area (Å²) in [5, 5.41) is 5.70. The Bertz CT molecular complexity index is 133. The summed E-state index contributed by atoms with van der Waals surface area (Å²) >= 11 is 0. The number of carbonyl (C=O) groups is 1. The monoisotopic (exact) mass is 126 g/mol. The van der Waals surface area contributed by atoms with Crippen LogP contribution in [-0.4, -0.2) is 25.0 Å². The maximum absolute atomic E-state index is 10.8. The van der Waals surface area contributed by atoms with Gasteiger partial charge < -0.3 is 10.6 Å². The molecule has 1 atom stereocenters. The molecule has 1 unspecified atom stereocenters. The molecule has 9 heavy (non-hydrogen) atoms. The van der Waals surface area contributed by atoms with Crippen molar-refractivity contribution in [1.29, 1.82) is 0 Å². The van der Waals surface area contributed by atoms with Crippen LogP contribution in [0, 0.1) is 0 Å². The van der Waals surface area contributed by atoms with E-state index < -0.39 is 0 Å². The summed E-state index contributed by atoms with van der Waals surface area (Å²) in [4.78, 5) is 10.8. The van der Waals surface area contributed by atoms with Crippen LogP contribution in [0.4, 0.5) is 0 Å². The van der Waals surface area contributed by atoms with Crippen LogP contribution in [0.15, 0.2) is 12.7 Å². The van der Waals surface area contributed by atoms with Crippen LogP contribution >= 0.6 is 0 Å². The van der Waals surface area contributed by atoms with Gasteiger partial charge in [0.15, 0.2) is 0 Å². The van der Waals surface area contributed by atoms with Crippen molar-refractivity contribution in [3.8, 4) is 0 Å². The molecule has 0 bridgehead atoms. The van der Waals surface area contributed by atoms with E-state index in [-0.39, 0.29) is 11.9 Å². The minimum absolute atomic E-state index is 0.0243. The molecule has 3 nitrogen and oxygen atoms in total. The molecule has 0 aromatic rings. The third-order valence-electron chi connectivity index (χ3n) is 1.31. The molecule has 1 rings (SSSR count). The lowest BCUT2D eigenvalue weighted by atomic mass is 10.2. The standard InChI is InChI=1S/C6H10N2O/c1-2-5-6(9)8-4-3-7-5/h2,5,7H,1,3-4H2,(H,8,9). The molecule has 0 aromatic heterocycles. The fraction of sp³-hybridized carbons (Fsp3) is 0.500. The molecule has 1 aliphatic rings. The first-order valence-electron chi connectivity index (χ1n) is 2.98. The molecule has 1 saturated heterocycles. The zero-order valence-electron chi connectivity index (χ0n) is 5.18. The SMILES string of the molecule is C=CC1NCCNC1=O. The molecule has 0 saturated carbocycles. The van der Waals surface area contributed by atoms with E-state index in [1.165, 1.54) is 0 Å². The van der Waals surface area contributed by atoms with Gasteiger partial charge in [0, 0.05) is 13.1 Å². The number of carbonyl (C=O) groups excluding carboxylic acids is 1. The largest absolute Gasteiger partial charge is 0.353 e. The average Bonchev–Trinajstić information content (AvgIpc) is 1.89. The van der Waals surface area contributed by atoms with Gasteiger partial charge in [-0.25, -0.2) is 0 Å². The lowest BCUT2D eigenvalue weighted by molar-refractivity contribution is -0.123. The minimum atomic E-state index is -0.182. The normalized spacial score (nSPS) is 27.1. The van der Waals surface area contributed by atoms with Gasteiger partial charge in [0.2, 0.25) is 5.91 Å². The average molecular weight is 126 g/mol. The summed E-state index contributed by atoms with van der Waals surface area (Å²) in [5.41, 5.74) is 0. The van der Waals surface area contributed by atoms with Crippen LogP contribution in [0.2, 0.25) is 0 Å². The summed E-state index contributed by atoms with van der Waals surface area (Å²) in [6.45, 7) is 5.07. The van der Waals surface area contributed by atoms with Gasteiger partial charge in [-0.15, -0.1) is 6.58 Å². The first-order valence-corrected chi connectivity index (χ1v) is 2.98. The molecule has 50 valence electrons. The van der Waals surface area contributed by atoms with Crippen molar-refractivity contribution in [3.05, 3.63) is 12.7 Å². The van der Waals surface area contributed by atoms with E-state index in [1.54, 1.807) is 6.08 Å². The molecule has 1 fully saturated rings. The van der Waals surface area contributed by atoms with Gasteiger partial charge in [-0.1, -0.05) is 6.08 Å². The lowest BCUT2D eigenvalue weighted by Gasteiger charge is -2.19. The highest BCUT2D eigenvalue weighted by Crippen LogP contribution is 1.88. The van der Waals surface area contributed by atoms with Gasteiger partial charge in [-0.3, -0.25) is 4.79 Å². The second-order valence-corrected chi connectivity index (χ2v) is 1.96. The first-order chi connectivity index (χ1) is 4.34. The van der Waals surface area contributed by atoms with Gasteiger partial charge in [0.05, 0.1) is 0 Å². The van der Waals surface area contributed by atoms with Crippen molar-refractivity contribution in [2.24, 2.45) is 0 Å². The molecule has 1 amide bonds. The minimum Gasteiger partial charge on any atom is -0.353 e. The Morgan fingerprint density at radius 2 is 2.44 bits per heavy atom. The van der Waals surface area contributed by atoms with Crippen LogP contribution in [0.5, 0.6) is 0 Å². The Labute approximate surface area is 54.1 Å². The van der Waals surface area contributed by atoms with E-state index in [0.29, 0.717) is 0 Å². The highest BCUT2D eigenvalue weighted by molar-refractivity contribution is 5.84. The summed E-state index contributed by atoms with van der Waals surface area (Å²) in [7, 11) is 0. The second-order valence-electron chi connectivity index (χ2n) is 1.96. The van der Waals surface area contributed by atoms with Crippen molar-refractivity contribution in [1.82, 2.24) is 10.6 Å². The Morgan fingerprint density at radius 3 is 2.89 bits per heavy atom. The Kier molecular flexibility index (Phi) is 1.85. The number of hydrogen-bond acceptors (Lipinski definition) is 2. The fourth-order valence-electron chi connectivity index (χ4n) is 0.806. The van der Waals surface area contributed by atoms with Gasteiger partial charge >= 0.3 is 0 Å². The van der Waals surface area contributed by atoms with Crippen molar-refractivity contribution in [2.45, 2.75) is 6.04 Å². The van der Waals surface area contributed by atoms with Crippen LogP contribution in [0.3, 0.4) is 0 Å². The molecule has 0 radical (unpaired) electrons. The van der Waals surface area contributed by atoms with Crippen molar-refractivity contribution >= 4 is 5.91 Å². The van der Waals surface area contributed by atoms with E-state index in [2.05, 4.69) is 17.2 Å². The van der Waals surface area contributed by atoms with Crippen LogP contribution in [0.1, 0.15) is 0 Å². The molecule has 0 aliphatic carbocycles. The summed E-state index contributed by atoms with van der Waals surface area (Å²) in [5.74, 6) is 0.0243. The zero-order chi connectivity index (χ0) is 6.69. The maximum Gasteiger partial charge on any atom is 0.241 e. The number of nitrogens with one attached hydrogen (secondary N) is 2. The van der Waals surface area contributed by atoms with Gasteiger partial charge in [-0.2, -0.15) is 0 Å². The smallest absolute Gasteiger partial charge is 0.241 e. The van der Waals surface area contributed by atoms with E-state index in [9.17, 15) is 4.79 Å². The number of amides is 1. The van der Waals surface area contributed by atoms with E-state index in [4.69, 9.17) is 0 Å².